The molecule has 0 bridgehead atoms. The van der Waals surface area contributed by atoms with Crippen LogP contribution in [0.15, 0.2) is 29.6 Å². The van der Waals surface area contributed by atoms with Crippen LogP contribution in [0.3, 0.4) is 0 Å². The fraction of sp³-hybridized carbons (Fsp3) is 0.357. The average Bonchev–Trinajstić information content (AvgIpc) is 2.84. The number of aromatic nitrogens is 1. The molecule has 0 aliphatic heterocycles. The maximum Gasteiger partial charge on any atom is 0.123 e. The summed E-state index contributed by atoms with van der Waals surface area (Å²) in [6.07, 6.45) is 1.99. The van der Waals surface area contributed by atoms with Crippen molar-refractivity contribution in [1.29, 1.82) is 0 Å². The molecule has 0 amide bonds. The molecule has 0 aliphatic carbocycles. The molecule has 0 aliphatic rings. The fourth-order valence-corrected chi connectivity index (χ4v) is 2.52. The monoisotopic (exact) mass is 264 g/mol. The van der Waals surface area contributed by atoms with Gasteiger partial charge in [0.05, 0.1) is 10.7 Å². The lowest BCUT2D eigenvalue weighted by atomic mass is 10.1. The van der Waals surface area contributed by atoms with Crippen LogP contribution >= 0.6 is 11.3 Å². The molecular formula is C14H17FN2S. The first-order valence-corrected chi connectivity index (χ1v) is 6.97. The van der Waals surface area contributed by atoms with Crippen molar-refractivity contribution in [2.75, 3.05) is 6.54 Å². The predicted molar refractivity (Wildman–Crippen MR) is 74.0 cm³/mol. The molecule has 0 radical (unpaired) electrons. The van der Waals surface area contributed by atoms with E-state index in [9.17, 15) is 4.39 Å². The van der Waals surface area contributed by atoms with Gasteiger partial charge in [-0.1, -0.05) is 19.1 Å². The Morgan fingerprint density at radius 3 is 3.00 bits per heavy atom. The first kappa shape index (κ1) is 13.2. The molecule has 0 spiro atoms. The zero-order chi connectivity index (χ0) is 13.0. The summed E-state index contributed by atoms with van der Waals surface area (Å²) in [6.45, 7) is 2.85. The summed E-state index contributed by atoms with van der Waals surface area (Å²) in [4.78, 5) is 4.54. The van der Waals surface area contributed by atoms with E-state index in [0.29, 0.717) is 12.5 Å². The van der Waals surface area contributed by atoms with Crippen molar-refractivity contribution in [3.8, 4) is 11.3 Å². The van der Waals surface area contributed by atoms with Gasteiger partial charge in [-0.05, 0) is 37.4 Å². The molecule has 0 saturated carbocycles. The molecule has 1 unspecified atom stereocenters. The van der Waals surface area contributed by atoms with Gasteiger partial charge in [0, 0.05) is 10.9 Å². The van der Waals surface area contributed by atoms with Gasteiger partial charge >= 0.3 is 0 Å². The van der Waals surface area contributed by atoms with Crippen LogP contribution in [0, 0.1) is 11.7 Å². The van der Waals surface area contributed by atoms with Crippen LogP contribution in [0.25, 0.3) is 11.3 Å². The highest BCUT2D eigenvalue weighted by atomic mass is 32.1. The van der Waals surface area contributed by atoms with E-state index in [-0.39, 0.29) is 5.82 Å². The van der Waals surface area contributed by atoms with Crippen molar-refractivity contribution >= 4 is 11.3 Å². The second-order valence-electron chi connectivity index (χ2n) is 4.52. The number of nitrogens with zero attached hydrogens (tertiary/aromatic N) is 1. The van der Waals surface area contributed by atoms with Crippen LogP contribution in [0.4, 0.5) is 4.39 Å². The molecule has 1 heterocycles. The van der Waals surface area contributed by atoms with Crippen molar-refractivity contribution in [2.45, 2.75) is 19.8 Å². The third kappa shape index (κ3) is 3.37. The molecule has 2 nitrogen and oxygen atoms in total. The molecule has 96 valence electrons. The summed E-state index contributed by atoms with van der Waals surface area (Å²) in [5.41, 5.74) is 7.28. The Balaban J connectivity index is 2.06. The zero-order valence-electron chi connectivity index (χ0n) is 10.4. The van der Waals surface area contributed by atoms with Crippen LogP contribution in [0.5, 0.6) is 0 Å². The standard InChI is InChI=1S/C14H17FN2S/c1-10(8-16)5-6-14-17-13(9-18-14)11-3-2-4-12(15)7-11/h2-4,7,9-10H,5-6,8,16H2,1H3. The Morgan fingerprint density at radius 1 is 1.44 bits per heavy atom. The Hall–Kier alpha value is -1.26. The highest BCUT2D eigenvalue weighted by molar-refractivity contribution is 7.09. The average molecular weight is 264 g/mol. The summed E-state index contributed by atoms with van der Waals surface area (Å²) in [5, 5.41) is 3.08. The van der Waals surface area contributed by atoms with Gasteiger partial charge in [-0.25, -0.2) is 9.37 Å². The lowest BCUT2D eigenvalue weighted by molar-refractivity contribution is 0.544. The predicted octanol–water partition coefficient (Wildman–Crippen LogP) is 3.48. The first-order chi connectivity index (χ1) is 8.69. The highest BCUT2D eigenvalue weighted by Crippen LogP contribution is 2.23. The molecule has 1 aromatic heterocycles. The Kier molecular flexibility index (Phi) is 4.44. The first-order valence-electron chi connectivity index (χ1n) is 6.09. The quantitative estimate of drug-likeness (QED) is 0.898. The van der Waals surface area contributed by atoms with E-state index < -0.39 is 0 Å². The normalized spacial score (nSPS) is 12.6. The largest absolute Gasteiger partial charge is 0.330 e. The molecule has 2 N–H and O–H groups in total. The summed E-state index contributed by atoms with van der Waals surface area (Å²) in [5.74, 6) is 0.297. The number of rotatable bonds is 5. The van der Waals surface area contributed by atoms with Gasteiger partial charge in [-0.2, -0.15) is 0 Å². The third-order valence-electron chi connectivity index (χ3n) is 2.93. The van der Waals surface area contributed by atoms with Gasteiger partial charge in [-0.15, -0.1) is 11.3 Å². The number of halogens is 1. The molecule has 4 heteroatoms. The van der Waals surface area contributed by atoms with E-state index in [0.717, 1.165) is 29.1 Å². The van der Waals surface area contributed by atoms with E-state index in [4.69, 9.17) is 5.73 Å². The van der Waals surface area contributed by atoms with E-state index >= 15 is 0 Å². The zero-order valence-corrected chi connectivity index (χ0v) is 11.2. The molecule has 18 heavy (non-hydrogen) atoms. The van der Waals surface area contributed by atoms with Crippen molar-refractivity contribution < 1.29 is 4.39 Å². The van der Waals surface area contributed by atoms with Crippen molar-refractivity contribution in [3.05, 3.63) is 40.5 Å². The Labute approximate surface area is 111 Å². The van der Waals surface area contributed by atoms with Crippen molar-refractivity contribution in [2.24, 2.45) is 11.7 Å². The second kappa shape index (κ2) is 6.07. The number of nitrogens with two attached hydrogens (primary N) is 1. The highest BCUT2D eigenvalue weighted by Gasteiger charge is 2.07. The number of thiazole rings is 1. The Bertz CT molecular complexity index is 510. The Morgan fingerprint density at radius 2 is 2.28 bits per heavy atom. The smallest absolute Gasteiger partial charge is 0.123 e. The number of aryl methyl sites for hydroxylation is 1. The van der Waals surface area contributed by atoms with Gasteiger partial charge in [0.25, 0.3) is 0 Å². The summed E-state index contributed by atoms with van der Waals surface area (Å²) < 4.78 is 13.1. The van der Waals surface area contributed by atoms with E-state index in [1.807, 2.05) is 11.4 Å². The summed E-state index contributed by atoms with van der Waals surface area (Å²) in [6, 6.07) is 6.55. The number of benzene rings is 1. The van der Waals surface area contributed by atoms with Gasteiger partial charge in [0.2, 0.25) is 0 Å². The molecule has 1 atom stereocenters. The molecule has 1 aromatic carbocycles. The van der Waals surface area contributed by atoms with Crippen molar-refractivity contribution in [1.82, 2.24) is 4.98 Å². The van der Waals surface area contributed by atoms with E-state index in [2.05, 4.69) is 11.9 Å². The number of hydrogen-bond donors (Lipinski definition) is 1. The minimum atomic E-state index is -0.223. The fourth-order valence-electron chi connectivity index (χ4n) is 1.69. The van der Waals surface area contributed by atoms with Crippen molar-refractivity contribution in [3.63, 3.8) is 0 Å². The molecule has 2 aromatic rings. The van der Waals surface area contributed by atoms with Gasteiger partial charge in [0.1, 0.15) is 5.82 Å². The minimum absolute atomic E-state index is 0.223. The van der Waals surface area contributed by atoms with Crippen LogP contribution in [0.1, 0.15) is 18.4 Å². The van der Waals surface area contributed by atoms with Crippen LogP contribution in [-0.4, -0.2) is 11.5 Å². The minimum Gasteiger partial charge on any atom is -0.330 e. The summed E-state index contributed by atoms with van der Waals surface area (Å²) >= 11 is 1.63. The maximum atomic E-state index is 13.1. The molecule has 2 rings (SSSR count). The lowest BCUT2D eigenvalue weighted by Crippen LogP contribution is -2.11. The van der Waals surface area contributed by atoms with Gasteiger partial charge in [0.15, 0.2) is 0 Å². The van der Waals surface area contributed by atoms with E-state index in [1.165, 1.54) is 12.1 Å². The van der Waals surface area contributed by atoms with Gasteiger partial charge in [-0.3, -0.25) is 0 Å². The van der Waals surface area contributed by atoms with Crippen LogP contribution in [0.2, 0.25) is 0 Å². The topological polar surface area (TPSA) is 38.9 Å². The SMILES string of the molecule is CC(CN)CCc1nc(-c2cccc(F)c2)cs1. The molecule has 0 fully saturated rings. The van der Waals surface area contributed by atoms with Crippen LogP contribution < -0.4 is 5.73 Å². The second-order valence-corrected chi connectivity index (χ2v) is 5.46. The summed E-state index contributed by atoms with van der Waals surface area (Å²) in [7, 11) is 0. The molecule has 0 saturated heterocycles. The van der Waals surface area contributed by atoms with Crippen LogP contribution in [-0.2, 0) is 6.42 Å². The van der Waals surface area contributed by atoms with E-state index in [1.54, 1.807) is 17.4 Å². The number of hydrogen-bond acceptors (Lipinski definition) is 3. The maximum absolute atomic E-state index is 13.1. The lowest BCUT2D eigenvalue weighted by Gasteiger charge is -2.05. The third-order valence-corrected chi connectivity index (χ3v) is 3.83. The van der Waals surface area contributed by atoms with Gasteiger partial charge < -0.3 is 5.73 Å². The molecular weight excluding hydrogens is 247 g/mol.